The minimum Gasteiger partial charge on any atom is -0.479 e. The van der Waals surface area contributed by atoms with Gasteiger partial charge >= 0.3 is 0 Å². The van der Waals surface area contributed by atoms with Gasteiger partial charge in [-0.1, -0.05) is 0 Å². The lowest BCUT2D eigenvalue weighted by Gasteiger charge is -2.19. The summed E-state index contributed by atoms with van der Waals surface area (Å²) in [5, 5.41) is 0. The van der Waals surface area contributed by atoms with E-state index in [-0.39, 0.29) is 0 Å². The van der Waals surface area contributed by atoms with Crippen molar-refractivity contribution >= 4 is 11.5 Å². The molecule has 0 spiro atoms. The van der Waals surface area contributed by atoms with Crippen molar-refractivity contribution in [2.75, 3.05) is 31.3 Å². The van der Waals surface area contributed by atoms with Crippen LogP contribution in [-0.4, -0.2) is 30.7 Å². The highest BCUT2D eigenvalue weighted by Crippen LogP contribution is 2.33. The summed E-state index contributed by atoms with van der Waals surface area (Å²) in [6.07, 6.45) is 4.10. The highest BCUT2D eigenvalue weighted by molar-refractivity contribution is 5.67. The summed E-state index contributed by atoms with van der Waals surface area (Å²) in [5.74, 6) is 2.01. The first-order valence-electron chi connectivity index (χ1n) is 5.08. The number of nitrogens with two attached hydrogens (primary N) is 1. The molecular weight excluding hydrogens is 192 g/mol. The van der Waals surface area contributed by atoms with Crippen molar-refractivity contribution in [3.63, 3.8) is 0 Å². The van der Waals surface area contributed by atoms with E-state index in [1.54, 1.807) is 7.11 Å². The number of nitrogens with zero attached hydrogens (tertiary/aromatic N) is 3. The van der Waals surface area contributed by atoms with E-state index >= 15 is 0 Å². The number of hydrogen-bond donors (Lipinski definition) is 1. The number of nitrogen functional groups attached to an aromatic ring is 1. The largest absolute Gasteiger partial charge is 0.479 e. The van der Waals surface area contributed by atoms with Gasteiger partial charge in [0.15, 0.2) is 5.82 Å². The highest BCUT2D eigenvalue weighted by atomic mass is 16.5. The molecular formula is C10H16N4O. The van der Waals surface area contributed by atoms with Crippen molar-refractivity contribution in [1.82, 2.24) is 9.97 Å². The quantitative estimate of drug-likeness (QED) is 0.797. The molecule has 0 bridgehead atoms. The minimum absolute atomic E-state index is 0.447. The number of ether oxygens (including phenoxy) is 1. The number of anilines is 2. The summed E-state index contributed by atoms with van der Waals surface area (Å²) in [6, 6.07) is 0. The Morgan fingerprint density at radius 3 is 2.87 bits per heavy atom. The molecule has 82 valence electrons. The van der Waals surface area contributed by atoms with E-state index in [1.165, 1.54) is 19.2 Å². The van der Waals surface area contributed by atoms with Crippen molar-refractivity contribution in [3.8, 4) is 5.88 Å². The highest BCUT2D eigenvalue weighted by Gasteiger charge is 2.24. The second-order valence-corrected chi connectivity index (χ2v) is 3.94. The molecule has 1 heterocycles. The second-order valence-electron chi connectivity index (χ2n) is 3.94. The molecule has 0 saturated heterocycles. The van der Waals surface area contributed by atoms with Crippen LogP contribution >= 0.6 is 0 Å². The third kappa shape index (κ3) is 2.11. The maximum Gasteiger partial charge on any atom is 0.242 e. The van der Waals surface area contributed by atoms with Gasteiger partial charge in [0.2, 0.25) is 5.88 Å². The van der Waals surface area contributed by atoms with Gasteiger partial charge < -0.3 is 15.4 Å². The van der Waals surface area contributed by atoms with E-state index in [1.807, 2.05) is 7.05 Å². The standard InChI is InChI=1S/C10H16N4O/c1-14(5-7-3-4-7)9-8(11)10(15-2)13-6-12-9/h6-7H,3-5,11H2,1-2H3. The first kappa shape index (κ1) is 10.0. The molecule has 1 aliphatic carbocycles. The Labute approximate surface area is 89.3 Å². The van der Waals surface area contributed by atoms with Gasteiger partial charge in [0.1, 0.15) is 12.0 Å². The van der Waals surface area contributed by atoms with Crippen LogP contribution in [0.3, 0.4) is 0 Å². The maximum absolute atomic E-state index is 5.90. The zero-order valence-electron chi connectivity index (χ0n) is 9.10. The fourth-order valence-electron chi connectivity index (χ4n) is 1.61. The Morgan fingerprint density at radius 1 is 1.53 bits per heavy atom. The molecule has 5 heteroatoms. The molecule has 0 aliphatic heterocycles. The summed E-state index contributed by atoms with van der Waals surface area (Å²) in [6.45, 7) is 1.00. The average molecular weight is 208 g/mol. The van der Waals surface area contributed by atoms with Crippen LogP contribution in [0.2, 0.25) is 0 Å². The summed E-state index contributed by atoms with van der Waals surface area (Å²) in [5.41, 5.74) is 6.42. The SMILES string of the molecule is COc1ncnc(N(C)CC2CC2)c1N. The molecule has 1 aromatic heterocycles. The Hall–Kier alpha value is -1.52. The Balaban J connectivity index is 2.17. The molecule has 2 rings (SSSR count). The molecule has 1 aromatic rings. The van der Waals surface area contributed by atoms with Gasteiger partial charge in [0, 0.05) is 13.6 Å². The van der Waals surface area contributed by atoms with E-state index < -0.39 is 0 Å². The Bertz CT molecular complexity index is 351. The number of rotatable bonds is 4. The summed E-state index contributed by atoms with van der Waals surface area (Å²) in [4.78, 5) is 10.2. The van der Waals surface area contributed by atoms with Crippen LogP contribution in [0.4, 0.5) is 11.5 Å². The molecule has 15 heavy (non-hydrogen) atoms. The Morgan fingerprint density at radius 2 is 2.27 bits per heavy atom. The average Bonchev–Trinajstić information content (AvgIpc) is 3.02. The topological polar surface area (TPSA) is 64.3 Å². The van der Waals surface area contributed by atoms with Crippen LogP contribution in [-0.2, 0) is 0 Å². The number of methoxy groups -OCH3 is 1. The van der Waals surface area contributed by atoms with Crippen LogP contribution in [0.25, 0.3) is 0 Å². The molecule has 1 saturated carbocycles. The van der Waals surface area contributed by atoms with Crippen molar-refractivity contribution < 1.29 is 4.74 Å². The summed E-state index contributed by atoms with van der Waals surface area (Å²) < 4.78 is 5.05. The normalized spacial score (nSPS) is 15.1. The zero-order chi connectivity index (χ0) is 10.8. The Kier molecular flexibility index (Phi) is 2.62. The predicted octanol–water partition coefficient (Wildman–Crippen LogP) is 0.914. The fraction of sp³-hybridized carbons (Fsp3) is 0.600. The summed E-state index contributed by atoms with van der Waals surface area (Å²) >= 11 is 0. The predicted molar refractivity (Wildman–Crippen MR) is 59.0 cm³/mol. The lowest BCUT2D eigenvalue weighted by Crippen LogP contribution is -2.22. The second kappa shape index (κ2) is 3.92. The molecule has 0 aromatic carbocycles. The first-order valence-corrected chi connectivity index (χ1v) is 5.08. The van der Waals surface area contributed by atoms with Gasteiger partial charge in [-0.3, -0.25) is 0 Å². The van der Waals surface area contributed by atoms with Crippen LogP contribution in [0.1, 0.15) is 12.8 Å². The van der Waals surface area contributed by atoms with Gasteiger partial charge in [-0.2, -0.15) is 4.98 Å². The van der Waals surface area contributed by atoms with Gasteiger partial charge in [-0.15, -0.1) is 0 Å². The van der Waals surface area contributed by atoms with Crippen molar-refractivity contribution in [3.05, 3.63) is 6.33 Å². The summed E-state index contributed by atoms with van der Waals surface area (Å²) in [7, 11) is 3.56. The van der Waals surface area contributed by atoms with E-state index in [4.69, 9.17) is 10.5 Å². The van der Waals surface area contributed by atoms with E-state index in [0.29, 0.717) is 11.6 Å². The van der Waals surface area contributed by atoms with Crippen LogP contribution in [0, 0.1) is 5.92 Å². The number of hydrogen-bond acceptors (Lipinski definition) is 5. The third-order valence-corrected chi connectivity index (χ3v) is 2.61. The van der Waals surface area contributed by atoms with Crippen molar-refractivity contribution in [2.45, 2.75) is 12.8 Å². The van der Waals surface area contributed by atoms with E-state index in [0.717, 1.165) is 18.3 Å². The molecule has 1 aliphatic rings. The van der Waals surface area contributed by atoms with Crippen LogP contribution < -0.4 is 15.4 Å². The molecule has 0 amide bonds. The maximum atomic E-state index is 5.90. The smallest absolute Gasteiger partial charge is 0.242 e. The molecule has 0 atom stereocenters. The van der Waals surface area contributed by atoms with E-state index in [2.05, 4.69) is 14.9 Å². The zero-order valence-corrected chi connectivity index (χ0v) is 9.10. The van der Waals surface area contributed by atoms with Gasteiger partial charge in [-0.05, 0) is 18.8 Å². The molecule has 0 unspecified atom stereocenters. The van der Waals surface area contributed by atoms with Gasteiger partial charge in [0.05, 0.1) is 7.11 Å². The molecule has 5 nitrogen and oxygen atoms in total. The monoisotopic (exact) mass is 208 g/mol. The third-order valence-electron chi connectivity index (χ3n) is 2.61. The fourth-order valence-corrected chi connectivity index (χ4v) is 1.61. The lowest BCUT2D eigenvalue weighted by molar-refractivity contribution is 0.399. The molecule has 1 fully saturated rings. The van der Waals surface area contributed by atoms with Crippen molar-refractivity contribution in [1.29, 1.82) is 0 Å². The van der Waals surface area contributed by atoms with Gasteiger partial charge in [0.25, 0.3) is 0 Å². The lowest BCUT2D eigenvalue weighted by atomic mass is 10.3. The molecule has 0 radical (unpaired) electrons. The number of aromatic nitrogens is 2. The molecule has 2 N–H and O–H groups in total. The minimum atomic E-state index is 0.447. The van der Waals surface area contributed by atoms with Gasteiger partial charge in [-0.25, -0.2) is 4.98 Å². The first-order chi connectivity index (χ1) is 7.22. The van der Waals surface area contributed by atoms with Crippen LogP contribution in [0.5, 0.6) is 5.88 Å². The van der Waals surface area contributed by atoms with E-state index in [9.17, 15) is 0 Å². The van der Waals surface area contributed by atoms with Crippen molar-refractivity contribution in [2.24, 2.45) is 5.92 Å². The van der Waals surface area contributed by atoms with Crippen LogP contribution in [0.15, 0.2) is 6.33 Å².